The van der Waals surface area contributed by atoms with E-state index in [-0.39, 0.29) is 22.4 Å². The topological polar surface area (TPSA) is 83.6 Å². The second-order valence-corrected chi connectivity index (χ2v) is 6.70. The maximum absolute atomic E-state index is 12.3. The molecule has 1 saturated heterocycles. The Kier molecular flexibility index (Phi) is 3.82. The van der Waals surface area contributed by atoms with Crippen molar-refractivity contribution in [1.82, 2.24) is 4.31 Å². The summed E-state index contributed by atoms with van der Waals surface area (Å²) in [5.41, 5.74) is 5.97. The van der Waals surface area contributed by atoms with Gasteiger partial charge in [-0.15, -0.1) is 0 Å². The fourth-order valence-corrected chi connectivity index (χ4v) is 4.09. The van der Waals surface area contributed by atoms with Crippen LogP contribution >= 0.6 is 11.6 Å². The summed E-state index contributed by atoms with van der Waals surface area (Å²) in [5.74, 6) is 0.00679. The molecule has 1 atom stereocenters. The highest BCUT2D eigenvalue weighted by Gasteiger charge is 2.33. The Morgan fingerprint density at radius 3 is 2.78 bits per heavy atom. The minimum Gasteiger partial charge on any atom is -0.399 e. The van der Waals surface area contributed by atoms with Crippen LogP contribution in [0.5, 0.6) is 0 Å². The Morgan fingerprint density at radius 1 is 1.50 bits per heavy atom. The SMILES string of the molecule is Nc1ccc(S(=O)(=O)N2CCC(CO)C2)c(Cl)c1. The average Bonchev–Trinajstić information content (AvgIpc) is 2.77. The monoisotopic (exact) mass is 290 g/mol. The Morgan fingerprint density at radius 2 is 2.22 bits per heavy atom. The van der Waals surface area contributed by atoms with E-state index < -0.39 is 10.0 Å². The van der Waals surface area contributed by atoms with Crippen LogP contribution in [0.15, 0.2) is 23.1 Å². The van der Waals surface area contributed by atoms with Gasteiger partial charge in [0, 0.05) is 25.4 Å². The Hall–Kier alpha value is -0.820. The van der Waals surface area contributed by atoms with Crippen molar-refractivity contribution < 1.29 is 13.5 Å². The number of aliphatic hydroxyl groups excluding tert-OH is 1. The molecule has 0 spiro atoms. The van der Waals surface area contributed by atoms with Crippen LogP contribution in [0.4, 0.5) is 5.69 Å². The molecular formula is C11H15ClN2O3S. The second-order valence-electron chi connectivity index (χ2n) is 4.39. The van der Waals surface area contributed by atoms with Crippen molar-refractivity contribution in [2.75, 3.05) is 25.4 Å². The van der Waals surface area contributed by atoms with Crippen LogP contribution in [0.2, 0.25) is 5.02 Å². The van der Waals surface area contributed by atoms with Gasteiger partial charge in [0.05, 0.1) is 5.02 Å². The summed E-state index contributed by atoms with van der Waals surface area (Å²) in [6.07, 6.45) is 0.669. The highest BCUT2D eigenvalue weighted by atomic mass is 35.5. The summed E-state index contributed by atoms with van der Waals surface area (Å²) < 4.78 is 26.0. The summed E-state index contributed by atoms with van der Waals surface area (Å²) in [6.45, 7) is 0.745. The number of hydrogen-bond acceptors (Lipinski definition) is 4. The van der Waals surface area contributed by atoms with Crippen LogP contribution in [0.25, 0.3) is 0 Å². The van der Waals surface area contributed by atoms with Crippen molar-refractivity contribution >= 4 is 27.3 Å². The van der Waals surface area contributed by atoms with Crippen molar-refractivity contribution in [1.29, 1.82) is 0 Å². The first kappa shape index (κ1) is 13.6. The molecule has 1 aromatic rings. The van der Waals surface area contributed by atoms with Gasteiger partial charge in [-0.05, 0) is 30.5 Å². The minimum absolute atomic E-state index is 0.00148. The zero-order chi connectivity index (χ0) is 13.3. The molecule has 0 aliphatic carbocycles. The van der Waals surface area contributed by atoms with Gasteiger partial charge in [-0.3, -0.25) is 0 Å². The van der Waals surface area contributed by atoms with Gasteiger partial charge in [0.2, 0.25) is 10.0 Å². The van der Waals surface area contributed by atoms with Crippen molar-refractivity contribution in [3.05, 3.63) is 23.2 Å². The lowest BCUT2D eigenvalue weighted by Crippen LogP contribution is -2.29. The van der Waals surface area contributed by atoms with E-state index in [2.05, 4.69) is 0 Å². The molecule has 2 rings (SSSR count). The number of sulfonamides is 1. The molecule has 1 heterocycles. The molecule has 1 unspecified atom stereocenters. The molecule has 1 aliphatic rings. The third-order valence-electron chi connectivity index (χ3n) is 3.08. The first-order chi connectivity index (χ1) is 8.45. The Labute approximate surface area is 111 Å². The fourth-order valence-electron chi connectivity index (χ4n) is 2.03. The van der Waals surface area contributed by atoms with E-state index in [1.54, 1.807) is 0 Å². The molecule has 0 radical (unpaired) electrons. The highest BCUT2D eigenvalue weighted by Crippen LogP contribution is 2.29. The number of nitrogen functional groups attached to an aromatic ring is 1. The summed E-state index contributed by atoms with van der Waals surface area (Å²) in [5, 5.41) is 9.17. The summed E-state index contributed by atoms with van der Waals surface area (Å²) in [7, 11) is -3.59. The number of aliphatic hydroxyl groups is 1. The standard InChI is InChI=1S/C11H15ClN2O3S/c12-10-5-9(13)1-2-11(10)18(16,17)14-4-3-8(6-14)7-15/h1-2,5,8,15H,3-4,6-7,13H2. The van der Waals surface area contributed by atoms with Crippen molar-refractivity contribution in [3.8, 4) is 0 Å². The molecule has 18 heavy (non-hydrogen) atoms. The number of nitrogens with two attached hydrogens (primary N) is 1. The molecule has 0 amide bonds. The number of anilines is 1. The molecule has 100 valence electrons. The number of nitrogens with zero attached hydrogens (tertiary/aromatic N) is 1. The molecule has 7 heteroatoms. The van der Waals surface area contributed by atoms with Gasteiger partial charge >= 0.3 is 0 Å². The van der Waals surface area contributed by atoms with Gasteiger partial charge in [-0.25, -0.2) is 8.42 Å². The van der Waals surface area contributed by atoms with Gasteiger partial charge < -0.3 is 10.8 Å². The quantitative estimate of drug-likeness (QED) is 0.811. The lowest BCUT2D eigenvalue weighted by atomic mass is 10.1. The van der Waals surface area contributed by atoms with Crippen molar-refractivity contribution in [2.24, 2.45) is 5.92 Å². The molecule has 0 aromatic heterocycles. The number of halogens is 1. The van der Waals surface area contributed by atoms with E-state index >= 15 is 0 Å². The largest absolute Gasteiger partial charge is 0.399 e. The van der Waals surface area contributed by atoms with Gasteiger partial charge in [0.25, 0.3) is 0 Å². The smallest absolute Gasteiger partial charge is 0.244 e. The van der Waals surface area contributed by atoms with Crippen LogP contribution in [0.3, 0.4) is 0 Å². The van der Waals surface area contributed by atoms with E-state index in [0.29, 0.717) is 25.2 Å². The van der Waals surface area contributed by atoms with E-state index in [0.717, 1.165) is 0 Å². The summed E-state index contributed by atoms with van der Waals surface area (Å²) >= 11 is 5.93. The predicted molar refractivity (Wildman–Crippen MR) is 69.8 cm³/mol. The Bertz CT molecular complexity index is 547. The second kappa shape index (κ2) is 5.05. The van der Waals surface area contributed by atoms with Crippen molar-refractivity contribution in [2.45, 2.75) is 11.3 Å². The first-order valence-corrected chi connectivity index (χ1v) is 7.43. The Balaban J connectivity index is 2.31. The molecule has 1 aliphatic heterocycles. The van der Waals surface area contributed by atoms with E-state index in [1.165, 1.54) is 22.5 Å². The normalized spacial score (nSPS) is 21.3. The molecule has 0 saturated carbocycles. The predicted octanol–water partition coefficient (Wildman–Crippen LogP) is 0.925. The van der Waals surface area contributed by atoms with Gasteiger partial charge in [-0.1, -0.05) is 11.6 Å². The first-order valence-electron chi connectivity index (χ1n) is 5.61. The number of benzene rings is 1. The average molecular weight is 291 g/mol. The van der Waals surface area contributed by atoms with Gasteiger partial charge in [0.1, 0.15) is 4.90 Å². The lowest BCUT2D eigenvalue weighted by Gasteiger charge is -2.17. The van der Waals surface area contributed by atoms with Crippen molar-refractivity contribution in [3.63, 3.8) is 0 Å². The molecule has 3 N–H and O–H groups in total. The third kappa shape index (κ3) is 2.47. The number of hydrogen-bond donors (Lipinski definition) is 2. The van der Waals surface area contributed by atoms with Gasteiger partial charge in [-0.2, -0.15) is 4.31 Å². The van der Waals surface area contributed by atoms with E-state index in [4.69, 9.17) is 22.4 Å². The molecule has 0 bridgehead atoms. The fraction of sp³-hybridized carbons (Fsp3) is 0.455. The van der Waals surface area contributed by atoms with Gasteiger partial charge in [0.15, 0.2) is 0 Å². The number of rotatable bonds is 3. The minimum atomic E-state index is -3.59. The maximum atomic E-state index is 12.3. The maximum Gasteiger partial charge on any atom is 0.244 e. The highest BCUT2D eigenvalue weighted by molar-refractivity contribution is 7.89. The van der Waals surface area contributed by atoms with E-state index in [9.17, 15) is 8.42 Å². The van der Waals surface area contributed by atoms with Crippen LogP contribution in [-0.2, 0) is 10.0 Å². The summed E-state index contributed by atoms with van der Waals surface area (Å²) in [6, 6.07) is 4.35. The van der Waals surface area contributed by atoms with Crippen LogP contribution < -0.4 is 5.73 Å². The molecule has 1 aromatic carbocycles. The van der Waals surface area contributed by atoms with Crippen LogP contribution in [0.1, 0.15) is 6.42 Å². The van der Waals surface area contributed by atoms with Crippen LogP contribution in [0, 0.1) is 5.92 Å². The van der Waals surface area contributed by atoms with E-state index in [1.807, 2.05) is 0 Å². The zero-order valence-electron chi connectivity index (χ0n) is 9.71. The third-order valence-corrected chi connectivity index (χ3v) is 5.43. The zero-order valence-corrected chi connectivity index (χ0v) is 11.3. The summed E-state index contributed by atoms with van der Waals surface area (Å²) in [4.78, 5) is 0.0666. The van der Waals surface area contributed by atoms with Crippen LogP contribution in [-0.4, -0.2) is 37.5 Å². The molecular weight excluding hydrogens is 276 g/mol. The molecule has 1 fully saturated rings. The molecule has 5 nitrogen and oxygen atoms in total. The lowest BCUT2D eigenvalue weighted by molar-refractivity contribution is 0.233.